The number of aryl methyl sites for hydroxylation is 1. The van der Waals surface area contributed by atoms with Crippen molar-refractivity contribution in [1.82, 2.24) is 9.88 Å². The highest BCUT2D eigenvalue weighted by Crippen LogP contribution is 2.23. The van der Waals surface area contributed by atoms with Gasteiger partial charge in [-0.3, -0.25) is 9.78 Å². The Hall–Kier alpha value is -2.27. The van der Waals surface area contributed by atoms with Crippen LogP contribution in [0.1, 0.15) is 22.8 Å². The molecule has 1 fully saturated rings. The molecule has 0 radical (unpaired) electrons. The molecule has 4 nitrogen and oxygen atoms in total. The summed E-state index contributed by atoms with van der Waals surface area (Å²) >= 11 is 0. The van der Waals surface area contributed by atoms with Crippen molar-refractivity contribution in [2.45, 2.75) is 19.4 Å². The zero-order valence-corrected chi connectivity index (χ0v) is 13.0. The molecule has 0 bridgehead atoms. The molecule has 1 aromatic carbocycles. The number of morpholine rings is 1. The van der Waals surface area contributed by atoms with Crippen molar-refractivity contribution < 1.29 is 13.9 Å². The molecule has 1 aliphatic heterocycles. The number of benzene rings is 1. The molecule has 1 amide bonds. The molecular formula is C18H19FN2O2. The van der Waals surface area contributed by atoms with Crippen LogP contribution in [0.4, 0.5) is 4.39 Å². The monoisotopic (exact) mass is 314 g/mol. The van der Waals surface area contributed by atoms with E-state index in [-0.39, 0.29) is 17.8 Å². The lowest BCUT2D eigenvalue weighted by molar-refractivity contribution is -0.138. The molecule has 1 aliphatic rings. The quantitative estimate of drug-likeness (QED) is 0.875. The van der Waals surface area contributed by atoms with Gasteiger partial charge < -0.3 is 9.64 Å². The molecule has 2 aromatic rings. The Bertz CT molecular complexity index is 688. The van der Waals surface area contributed by atoms with Gasteiger partial charge in [0.15, 0.2) is 0 Å². The molecule has 0 spiro atoms. The highest BCUT2D eigenvalue weighted by Gasteiger charge is 2.25. The second kappa shape index (κ2) is 6.87. The summed E-state index contributed by atoms with van der Waals surface area (Å²) in [5.74, 6) is -0.194. The number of ether oxygens (including phenoxy) is 1. The third-order valence-corrected chi connectivity index (χ3v) is 4.14. The molecule has 0 N–H and O–H groups in total. The normalized spacial score (nSPS) is 18.0. The van der Waals surface area contributed by atoms with Crippen LogP contribution in [-0.2, 0) is 16.0 Å². The Morgan fingerprint density at radius 3 is 2.87 bits per heavy atom. The third kappa shape index (κ3) is 3.74. The van der Waals surface area contributed by atoms with Crippen LogP contribution >= 0.6 is 0 Å². The summed E-state index contributed by atoms with van der Waals surface area (Å²) in [6.07, 6.45) is 3.64. The van der Waals surface area contributed by atoms with E-state index in [9.17, 15) is 9.18 Å². The van der Waals surface area contributed by atoms with Crippen molar-refractivity contribution in [3.63, 3.8) is 0 Å². The fourth-order valence-corrected chi connectivity index (χ4v) is 2.73. The first kappa shape index (κ1) is 15.6. The van der Waals surface area contributed by atoms with E-state index in [1.54, 1.807) is 24.5 Å². The molecule has 120 valence electrons. The molecular weight excluding hydrogens is 295 g/mol. The van der Waals surface area contributed by atoms with Crippen LogP contribution in [0.15, 0.2) is 42.7 Å². The minimum atomic E-state index is -0.273. The van der Waals surface area contributed by atoms with Crippen LogP contribution < -0.4 is 0 Å². The van der Waals surface area contributed by atoms with Gasteiger partial charge in [-0.15, -0.1) is 0 Å². The van der Waals surface area contributed by atoms with Gasteiger partial charge in [-0.05, 0) is 41.8 Å². The van der Waals surface area contributed by atoms with Crippen LogP contribution in [-0.4, -0.2) is 35.5 Å². The zero-order chi connectivity index (χ0) is 16.2. The summed E-state index contributed by atoms with van der Waals surface area (Å²) in [6.45, 7) is 3.52. The number of hydrogen-bond donors (Lipinski definition) is 0. The number of hydrogen-bond acceptors (Lipinski definition) is 3. The van der Waals surface area contributed by atoms with Gasteiger partial charge >= 0.3 is 0 Å². The van der Waals surface area contributed by atoms with Gasteiger partial charge in [0.25, 0.3) is 0 Å². The van der Waals surface area contributed by atoms with Gasteiger partial charge in [-0.2, -0.15) is 0 Å². The Morgan fingerprint density at radius 1 is 1.35 bits per heavy atom. The van der Waals surface area contributed by atoms with Crippen LogP contribution in [0.25, 0.3) is 0 Å². The van der Waals surface area contributed by atoms with Crippen molar-refractivity contribution >= 4 is 5.91 Å². The first-order valence-corrected chi connectivity index (χ1v) is 7.68. The van der Waals surface area contributed by atoms with E-state index >= 15 is 0 Å². The van der Waals surface area contributed by atoms with E-state index in [4.69, 9.17) is 4.74 Å². The van der Waals surface area contributed by atoms with Gasteiger partial charge in [0, 0.05) is 18.9 Å². The second-order valence-corrected chi connectivity index (χ2v) is 5.73. The molecule has 1 atom stereocenters. The molecule has 3 rings (SSSR count). The lowest BCUT2D eigenvalue weighted by Gasteiger charge is -2.33. The second-order valence-electron chi connectivity index (χ2n) is 5.73. The Labute approximate surface area is 134 Å². The summed E-state index contributed by atoms with van der Waals surface area (Å²) in [4.78, 5) is 18.4. The Morgan fingerprint density at radius 2 is 2.13 bits per heavy atom. The highest BCUT2D eigenvalue weighted by molar-refractivity contribution is 5.79. The van der Waals surface area contributed by atoms with Crippen molar-refractivity contribution in [2.75, 3.05) is 19.7 Å². The molecule has 1 unspecified atom stereocenters. The topological polar surface area (TPSA) is 42.4 Å². The smallest absolute Gasteiger partial charge is 0.227 e. The predicted molar refractivity (Wildman–Crippen MR) is 84.4 cm³/mol. The summed E-state index contributed by atoms with van der Waals surface area (Å²) < 4.78 is 18.8. The molecule has 5 heteroatoms. The minimum Gasteiger partial charge on any atom is -0.370 e. The summed E-state index contributed by atoms with van der Waals surface area (Å²) in [5.41, 5.74) is 2.91. The van der Waals surface area contributed by atoms with E-state index < -0.39 is 0 Å². The number of carbonyl (C=O) groups excluding carboxylic acids is 1. The maximum atomic E-state index is 13.0. The summed E-state index contributed by atoms with van der Waals surface area (Å²) in [5, 5.41) is 0. The zero-order valence-electron chi connectivity index (χ0n) is 13.0. The van der Waals surface area contributed by atoms with Gasteiger partial charge in [-0.25, -0.2) is 4.39 Å². The molecule has 0 aliphatic carbocycles. The van der Waals surface area contributed by atoms with E-state index in [1.807, 2.05) is 17.9 Å². The standard InChI is InChI=1S/C18H19FN2O2/c1-13-11-20-7-6-15(13)10-18(22)21-8-9-23-17(12-21)14-2-4-16(19)5-3-14/h2-7,11,17H,8-10,12H2,1H3. The van der Waals surface area contributed by atoms with Crippen molar-refractivity contribution in [2.24, 2.45) is 0 Å². The van der Waals surface area contributed by atoms with Crippen LogP contribution in [0.3, 0.4) is 0 Å². The first-order valence-electron chi connectivity index (χ1n) is 7.68. The number of carbonyl (C=O) groups is 1. The van der Waals surface area contributed by atoms with Crippen molar-refractivity contribution in [3.05, 3.63) is 65.2 Å². The number of nitrogens with zero attached hydrogens (tertiary/aromatic N) is 2. The SMILES string of the molecule is Cc1cnccc1CC(=O)N1CCOC(c2ccc(F)cc2)C1. The fraction of sp³-hybridized carbons (Fsp3) is 0.333. The van der Waals surface area contributed by atoms with E-state index in [2.05, 4.69) is 4.98 Å². The number of halogens is 1. The highest BCUT2D eigenvalue weighted by atomic mass is 19.1. The van der Waals surface area contributed by atoms with Crippen molar-refractivity contribution in [3.8, 4) is 0 Å². The maximum Gasteiger partial charge on any atom is 0.227 e. The molecule has 2 heterocycles. The third-order valence-electron chi connectivity index (χ3n) is 4.14. The van der Waals surface area contributed by atoms with Crippen LogP contribution in [0.5, 0.6) is 0 Å². The number of pyridine rings is 1. The Balaban J connectivity index is 1.67. The van der Waals surface area contributed by atoms with Gasteiger partial charge in [-0.1, -0.05) is 12.1 Å². The average molecular weight is 314 g/mol. The van der Waals surface area contributed by atoms with Crippen LogP contribution in [0.2, 0.25) is 0 Å². The average Bonchev–Trinajstić information content (AvgIpc) is 2.58. The van der Waals surface area contributed by atoms with Crippen molar-refractivity contribution in [1.29, 1.82) is 0 Å². The lowest BCUT2D eigenvalue weighted by Crippen LogP contribution is -2.43. The molecule has 23 heavy (non-hydrogen) atoms. The predicted octanol–water partition coefficient (Wildman–Crippen LogP) is 2.67. The van der Waals surface area contributed by atoms with Crippen LogP contribution in [0, 0.1) is 12.7 Å². The first-order chi connectivity index (χ1) is 11.1. The molecule has 1 aromatic heterocycles. The van der Waals surface area contributed by atoms with Gasteiger partial charge in [0.1, 0.15) is 11.9 Å². The van der Waals surface area contributed by atoms with Gasteiger partial charge in [0.05, 0.1) is 19.6 Å². The van der Waals surface area contributed by atoms with E-state index in [1.165, 1.54) is 12.1 Å². The molecule has 0 saturated carbocycles. The van der Waals surface area contributed by atoms with E-state index in [0.29, 0.717) is 26.1 Å². The fourth-order valence-electron chi connectivity index (χ4n) is 2.73. The largest absolute Gasteiger partial charge is 0.370 e. The number of amides is 1. The molecule has 1 saturated heterocycles. The summed E-state index contributed by atoms with van der Waals surface area (Å²) in [6, 6.07) is 8.13. The van der Waals surface area contributed by atoms with E-state index in [0.717, 1.165) is 16.7 Å². The number of rotatable bonds is 3. The lowest BCUT2D eigenvalue weighted by atomic mass is 10.1. The van der Waals surface area contributed by atoms with Gasteiger partial charge in [0.2, 0.25) is 5.91 Å². The maximum absolute atomic E-state index is 13.0. The summed E-state index contributed by atoms with van der Waals surface area (Å²) in [7, 11) is 0. The number of aromatic nitrogens is 1. The Kier molecular flexibility index (Phi) is 4.67. The minimum absolute atomic E-state index is 0.0784.